The highest BCUT2D eigenvalue weighted by Crippen LogP contribution is 2.10. The lowest BCUT2D eigenvalue weighted by molar-refractivity contribution is -0.134. The number of benzene rings is 1. The second-order valence-electron chi connectivity index (χ2n) is 5.37. The lowest BCUT2D eigenvalue weighted by Crippen LogP contribution is -2.42. The molecule has 0 unspecified atom stereocenters. The van der Waals surface area contributed by atoms with E-state index < -0.39 is 0 Å². The molecule has 1 aromatic carbocycles. The topological polar surface area (TPSA) is 61.9 Å². The number of hydrogen-bond acceptors (Lipinski definition) is 4. The maximum absolute atomic E-state index is 12.0. The lowest BCUT2D eigenvalue weighted by Gasteiger charge is -2.22. The van der Waals surface area contributed by atoms with Crippen LogP contribution in [0.3, 0.4) is 0 Å². The van der Waals surface area contributed by atoms with Gasteiger partial charge in [0.15, 0.2) is 0 Å². The monoisotopic (exact) mass is 307 g/mol. The molecule has 1 rings (SSSR count). The Bertz CT molecular complexity index is 486. The number of methoxy groups -OCH3 is 1. The van der Waals surface area contributed by atoms with Crippen LogP contribution in [0, 0.1) is 0 Å². The van der Waals surface area contributed by atoms with Gasteiger partial charge in [-0.1, -0.05) is 12.1 Å². The van der Waals surface area contributed by atoms with Crippen LogP contribution in [0.1, 0.15) is 12.5 Å². The van der Waals surface area contributed by atoms with Crippen LogP contribution in [0.5, 0.6) is 5.75 Å². The molecule has 0 heterocycles. The van der Waals surface area contributed by atoms with Crippen molar-refractivity contribution in [2.45, 2.75) is 13.5 Å². The van der Waals surface area contributed by atoms with Crippen molar-refractivity contribution in [1.29, 1.82) is 0 Å². The predicted octanol–water partition coefficient (Wildman–Crippen LogP) is 0.722. The second-order valence-corrected chi connectivity index (χ2v) is 5.37. The highest BCUT2D eigenvalue weighted by molar-refractivity contribution is 5.83. The van der Waals surface area contributed by atoms with E-state index in [4.69, 9.17) is 4.74 Å². The number of carbonyl (C=O) groups is 2. The van der Waals surface area contributed by atoms with Crippen molar-refractivity contribution in [3.63, 3.8) is 0 Å². The van der Waals surface area contributed by atoms with Crippen molar-refractivity contribution in [2.75, 3.05) is 40.8 Å². The summed E-state index contributed by atoms with van der Waals surface area (Å²) in [6, 6.07) is 7.49. The van der Waals surface area contributed by atoms with E-state index in [1.807, 2.05) is 43.3 Å². The summed E-state index contributed by atoms with van der Waals surface area (Å²) in [4.78, 5) is 27.0. The van der Waals surface area contributed by atoms with Crippen LogP contribution < -0.4 is 10.1 Å². The number of hydrogen-bond donors (Lipinski definition) is 1. The second kappa shape index (κ2) is 9.04. The van der Waals surface area contributed by atoms with Gasteiger partial charge in [0, 0.05) is 26.6 Å². The van der Waals surface area contributed by atoms with Crippen molar-refractivity contribution >= 4 is 11.8 Å². The van der Waals surface area contributed by atoms with Crippen LogP contribution in [0.25, 0.3) is 0 Å². The number of likely N-dealkylation sites (N-methyl/N-ethyl adjacent to an activating group) is 1. The highest BCUT2D eigenvalue weighted by Gasteiger charge is 2.13. The maximum Gasteiger partial charge on any atom is 0.239 e. The molecule has 0 aromatic heterocycles. The minimum atomic E-state index is -0.162. The molecule has 22 heavy (non-hydrogen) atoms. The van der Waals surface area contributed by atoms with Gasteiger partial charge in [0.2, 0.25) is 11.8 Å². The molecule has 0 saturated heterocycles. The molecule has 1 aromatic rings. The molecular weight excluding hydrogens is 282 g/mol. The lowest BCUT2D eigenvalue weighted by atomic mass is 10.2. The van der Waals surface area contributed by atoms with Gasteiger partial charge in [0.1, 0.15) is 5.75 Å². The molecular formula is C16H25N3O3. The van der Waals surface area contributed by atoms with Gasteiger partial charge in [-0.05, 0) is 31.8 Å². The Morgan fingerprint density at radius 3 is 2.27 bits per heavy atom. The molecule has 122 valence electrons. The molecule has 0 aliphatic carbocycles. The summed E-state index contributed by atoms with van der Waals surface area (Å²) in [5.74, 6) is 0.521. The van der Waals surface area contributed by atoms with Crippen LogP contribution in [0.4, 0.5) is 0 Å². The summed E-state index contributed by atoms with van der Waals surface area (Å²) >= 11 is 0. The maximum atomic E-state index is 12.0. The molecule has 1 N–H and O–H groups in total. The van der Waals surface area contributed by atoms with Gasteiger partial charge >= 0.3 is 0 Å². The SMILES string of the molecule is COc1ccc(CNC(=O)CN(CCN(C)C)C(C)=O)cc1. The third-order valence-corrected chi connectivity index (χ3v) is 3.25. The minimum absolute atomic E-state index is 0.0827. The molecule has 2 amide bonds. The highest BCUT2D eigenvalue weighted by atomic mass is 16.5. The first-order valence-corrected chi connectivity index (χ1v) is 7.22. The van der Waals surface area contributed by atoms with E-state index in [0.29, 0.717) is 13.1 Å². The fraction of sp³-hybridized carbons (Fsp3) is 0.500. The number of ether oxygens (including phenoxy) is 1. The Morgan fingerprint density at radius 2 is 1.77 bits per heavy atom. The average Bonchev–Trinajstić information content (AvgIpc) is 2.49. The Balaban J connectivity index is 2.43. The van der Waals surface area contributed by atoms with Crippen LogP contribution in [-0.2, 0) is 16.1 Å². The third-order valence-electron chi connectivity index (χ3n) is 3.25. The zero-order chi connectivity index (χ0) is 16.5. The number of amides is 2. The van der Waals surface area contributed by atoms with Crippen LogP contribution in [-0.4, -0.2) is 62.5 Å². The molecule has 0 fully saturated rings. The third kappa shape index (κ3) is 6.58. The molecule has 0 aliphatic heterocycles. The molecule has 0 saturated carbocycles. The van der Waals surface area contributed by atoms with Gasteiger partial charge in [0.05, 0.1) is 13.7 Å². The summed E-state index contributed by atoms with van der Waals surface area (Å²) in [7, 11) is 5.48. The van der Waals surface area contributed by atoms with Crippen molar-refractivity contribution < 1.29 is 14.3 Å². The number of nitrogens with zero attached hydrogens (tertiary/aromatic N) is 2. The summed E-state index contributed by atoms with van der Waals surface area (Å²) in [6.45, 7) is 3.26. The van der Waals surface area contributed by atoms with Crippen molar-refractivity contribution in [2.24, 2.45) is 0 Å². The van der Waals surface area contributed by atoms with Crippen molar-refractivity contribution in [3.8, 4) is 5.75 Å². The molecule has 0 spiro atoms. The fourth-order valence-electron chi connectivity index (χ4n) is 1.84. The predicted molar refractivity (Wildman–Crippen MR) is 85.6 cm³/mol. The van der Waals surface area contributed by atoms with Crippen molar-refractivity contribution in [3.05, 3.63) is 29.8 Å². The zero-order valence-electron chi connectivity index (χ0n) is 13.8. The Hall–Kier alpha value is -2.08. The summed E-state index contributed by atoms with van der Waals surface area (Å²) in [6.07, 6.45) is 0. The number of nitrogens with one attached hydrogen (secondary N) is 1. The van der Waals surface area contributed by atoms with Crippen LogP contribution in [0.15, 0.2) is 24.3 Å². The van der Waals surface area contributed by atoms with Crippen LogP contribution in [0.2, 0.25) is 0 Å². The Labute approximate surface area is 132 Å². The standard InChI is InChI=1S/C16H25N3O3/c1-13(20)19(10-9-18(2)3)12-16(21)17-11-14-5-7-15(22-4)8-6-14/h5-8H,9-12H2,1-4H3,(H,17,21). The van der Waals surface area contributed by atoms with Gasteiger partial charge in [-0.3, -0.25) is 9.59 Å². The summed E-state index contributed by atoms with van der Waals surface area (Å²) in [5.41, 5.74) is 0.983. The first-order valence-electron chi connectivity index (χ1n) is 7.22. The fourth-order valence-corrected chi connectivity index (χ4v) is 1.84. The Morgan fingerprint density at radius 1 is 1.14 bits per heavy atom. The van der Waals surface area contributed by atoms with Crippen LogP contribution >= 0.6 is 0 Å². The van der Waals surface area contributed by atoms with E-state index in [1.165, 1.54) is 6.92 Å². The van der Waals surface area contributed by atoms with Crippen molar-refractivity contribution in [1.82, 2.24) is 15.1 Å². The van der Waals surface area contributed by atoms with E-state index in [-0.39, 0.29) is 18.4 Å². The van der Waals surface area contributed by atoms with E-state index >= 15 is 0 Å². The number of rotatable bonds is 8. The molecule has 0 bridgehead atoms. The average molecular weight is 307 g/mol. The molecule has 0 atom stereocenters. The van der Waals surface area contributed by atoms with Gasteiger partial charge in [-0.2, -0.15) is 0 Å². The first-order chi connectivity index (χ1) is 10.4. The first kappa shape index (κ1) is 18.0. The summed E-state index contributed by atoms with van der Waals surface area (Å²) in [5, 5.41) is 2.82. The zero-order valence-corrected chi connectivity index (χ0v) is 13.8. The van der Waals surface area contributed by atoms with E-state index in [9.17, 15) is 9.59 Å². The summed E-state index contributed by atoms with van der Waals surface area (Å²) < 4.78 is 5.08. The normalized spacial score (nSPS) is 10.4. The molecule has 0 aliphatic rings. The molecule has 0 radical (unpaired) electrons. The van der Waals surface area contributed by atoms with Gasteiger partial charge in [-0.15, -0.1) is 0 Å². The minimum Gasteiger partial charge on any atom is -0.497 e. The quantitative estimate of drug-likeness (QED) is 0.769. The molecule has 6 nitrogen and oxygen atoms in total. The smallest absolute Gasteiger partial charge is 0.239 e. The van der Waals surface area contributed by atoms with Gasteiger partial charge in [0.25, 0.3) is 0 Å². The largest absolute Gasteiger partial charge is 0.497 e. The Kier molecular flexibility index (Phi) is 7.39. The van der Waals surface area contributed by atoms with Gasteiger partial charge in [-0.25, -0.2) is 0 Å². The van der Waals surface area contributed by atoms with Gasteiger partial charge < -0.3 is 19.9 Å². The van der Waals surface area contributed by atoms with E-state index in [0.717, 1.165) is 17.9 Å². The van der Waals surface area contributed by atoms with E-state index in [1.54, 1.807) is 12.0 Å². The van der Waals surface area contributed by atoms with E-state index in [2.05, 4.69) is 5.32 Å². The number of carbonyl (C=O) groups excluding carboxylic acids is 2. The molecule has 6 heteroatoms.